The molecular formula is C12H16BrNO. The molecule has 1 aliphatic rings. The number of nitrogens with one attached hydrogen (secondary N) is 1. The standard InChI is InChI=1S/C12H16BrNO/c1-8-3-4-10(13)12(7-8)14-11-5-6-15-9(11)2/h3-4,7,9,11,14H,5-6H2,1-2H3. The summed E-state index contributed by atoms with van der Waals surface area (Å²) in [6.07, 6.45) is 1.39. The zero-order chi connectivity index (χ0) is 10.8. The van der Waals surface area contributed by atoms with Gasteiger partial charge >= 0.3 is 0 Å². The van der Waals surface area contributed by atoms with E-state index in [9.17, 15) is 0 Å². The third kappa shape index (κ3) is 2.52. The van der Waals surface area contributed by atoms with E-state index in [4.69, 9.17) is 4.74 Å². The van der Waals surface area contributed by atoms with Crippen LogP contribution >= 0.6 is 15.9 Å². The quantitative estimate of drug-likeness (QED) is 0.889. The molecule has 1 fully saturated rings. The van der Waals surface area contributed by atoms with Crippen molar-refractivity contribution < 1.29 is 4.74 Å². The van der Waals surface area contributed by atoms with Crippen molar-refractivity contribution in [3.8, 4) is 0 Å². The van der Waals surface area contributed by atoms with Crippen LogP contribution < -0.4 is 5.32 Å². The number of benzene rings is 1. The molecule has 0 spiro atoms. The molecule has 2 nitrogen and oxygen atoms in total. The first-order valence-corrected chi connectivity index (χ1v) is 6.10. The van der Waals surface area contributed by atoms with E-state index >= 15 is 0 Å². The highest BCUT2D eigenvalue weighted by Crippen LogP contribution is 2.26. The molecule has 0 aliphatic carbocycles. The zero-order valence-corrected chi connectivity index (χ0v) is 10.7. The molecule has 2 rings (SSSR count). The molecule has 82 valence electrons. The van der Waals surface area contributed by atoms with Gasteiger partial charge in [0.25, 0.3) is 0 Å². The topological polar surface area (TPSA) is 21.3 Å². The van der Waals surface area contributed by atoms with E-state index < -0.39 is 0 Å². The van der Waals surface area contributed by atoms with Crippen molar-refractivity contribution in [2.24, 2.45) is 0 Å². The molecule has 2 unspecified atom stereocenters. The zero-order valence-electron chi connectivity index (χ0n) is 9.09. The van der Waals surface area contributed by atoms with Gasteiger partial charge in [-0.15, -0.1) is 0 Å². The Bertz CT molecular complexity index is 353. The van der Waals surface area contributed by atoms with Gasteiger partial charge < -0.3 is 10.1 Å². The molecule has 0 bridgehead atoms. The van der Waals surface area contributed by atoms with Crippen LogP contribution in [0.15, 0.2) is 22.7 Å². The van der Waals surface area contributed by atoms with Gasteiger partial charge in [-0.05, 0) is 53.9 Å². The lowest BCUT2D eigenvalue weighted by Crippen LogP contribution is -2.26. The molecule has 1 aliphatic heterocycles. The summed E-state index contributed by atoms with van der Waals surface area (Å²) >= 11 is 3.55. The van der Waals surface area contributed by atoms with Crippen molar-refractivity contribution in [1.82, 2.24) is 0 Å². The van der Waals surface area contributed by atoms with Gasteiger partial charge in [0, 0.05) is 16.8 Å². The van der Waals surface area contributed by atoms with Gasteiger partial charge in [0.1, 0.15) is 0 Å². The van der Waals surface area contributed by atoms with Gasteiger partial charge in [-0.1, -0.05) is 6.07 Å². The van der Waals surface area contributed by atoms with Crippen LogP contribution in [0.1, 0.15) is 18.9 Å². The molecule has 15 heavy (non-hydrogen) atoms. The summed E-state index contributed by atoms with van der Waals surface area (Å²) in [5.41, 5.74) is 2.43. The molecule has 1 heterocycles. The highest BCUT2D eigenvalue weighted by Gasteiger charge is 2.24. The first-order chi connectivity index (χ1) is 7.16. The van der Waals surface area contributed by atoms with Gasteiger partial charge in [-0.2, -0.15) is 0 Å². The predicted octanol–water partition coefficient (Wildman–Crippen LogP) is 3.35. The summed E-state index contributed by atoms with van der Waals surface area (Å²) < 4.78 is 6.65. The van der Waals surface area contributed by atoms with Crippen LogP contribution in [0.25, 0.3) is 0 Å². The second kappa shape index (κ2) is 4.54. The molecule has 0 amide bonds. The molecule has 0 saturated carbocycles. The molecule has 1 N–H and O–H groups in total. The molecule has 1 saturated heterocycles. The first-order valence-electron chi connectivity index (χ1n) is 5.31. The molecule has 3 heteroatoms. The molecule has 1 aromatic rings. The summed E-state index contributed by atoms with van der Waals surface area (Å²) in [6.45, 7) is 5.09. The van der Waals surface area contributed by atoms with Crippen LogP contribution in [0.4, 0.5) is 5.69 Å². The van der Waals surface area contributed by atoms with E-state index in [0.29, 0.717) is 12.1 Å². The monoisotopic (exact) mass is 269 g/mol. The summed E-state index contributed by atoms with van der Waals surface area (Å²) in [5.74, 6) is 0. The number of aryl methyl sites for hydroxylation is 1. The van der Waals surface area contributed by atoms with E-state index in [1.165, 1.54) is 5.56 Å². The normalized spacial score (nSPS) is 25.5. The summed E-state index contributed by atoms with van der Waals surface area (Å²) in [5, 5.41) is 3.53. The smallest absolute Gasteiger partial charge is 0.0748 e. The largest absolute Gasteiger partial charge is 0.379 e. The van der Waals surface area contributed by atoms with Crippen molar-refractivity contribution in [3.63, 3.8) is 0 Å². The lowest BCUT2D eigenvalue weighted by atomic mass is 10.1. The second-order valence-electron chi connectivity index (χ2n) is 4.10. The van der Waals surface area contributed by atoms with Crippen LogP contribution in [0.5, 0.6) is 0 Å². The molecular weight excluding hydrogens is 254 g/mol. The Morgan fingerprint density at radius 3 is 2.93 bits per heavy atom. The van der Waals surface area contributed by atoms with Gasteiger partial charge in [-0.3, -0.25) is 0 Å². The van der Waals surface area contributed by atoms with E-state index in [0.717, 1.165) is 23.2 Å². The third-order valence-corrected chi connectivity index (χ3v) is 3.53. The number of anilines is 1. The number of hydrogen-bond donors (Lipinski definition) is 1. The number of ether oxygens (including phenoxy) is 1. The van der Waals surface area contributed by atoms with E-state index in [1.807, 2.05) is 0 Å². The Hall–Kier alpha value is -0.540. The van der Waals surface area contributed by atoms with Crippen molar-refractivity contribution in [2.75, 3.05) is 11.9 Å². The van der Waals surface area contributed by atoms with E-state index in [2.05, 4.69) is 53.3 Å². The minimum Gasteiger partial charge on any atom is -0.379 e. The second-order valence-corrected chi connectivity index (χ2v) is 4.95. The maximum Gasteiger partial charge on any atom is 0.0748 e. The van der Waals surface area contributed by atoms with Gasteiger partial charge in [0.15, 0.2) is 0 Å². The van der Waals surface area contributed by atoms with Crippen LogP contribution in [-0.2, 0) is 4.74 Å². The maximum atomic E-state index is 5.53. The minimum absolute atomic E-state index is 0.303. The summed E-state index contributed by atoms with van der Waals surface area (Å²) in [6, 6.07) is 6.78. The number of halogens is 1. The van der Waals surface area contributed by atoms with Crippen LogP contribution in [0.2, 0.25) is 0 Å². The van der Waals surface area contributed by atoms with Crippen LogP contribution in [-0.4, -0.2) is 18.8 Å². The average Bonchev–Trinajstić information content (AvgIpc) is 2.58. The Balaban J connectivity index is 2.12. The fraction of sp³-hybridized carbons (Fsp3) is 0.500. The Morgan fingerprint density at radius 1 is 1.47 bits per heavy atom. The number of rotatable bonds is 2. The maximum absolute atomic E-state index is 5.53. The van der Waals surface area contributed by atoms with Crippen LogP contribution in [0, 0.1) is 6.92 Å². The Labute approximate surface area is 99.1 Å². The summed E-state index contributed by atoms with van der Waals surface area (Å²) in [4.78, 5) is 0. The first kappa shape index (κ1) is 11.0. The lowest BCUT2D eigenvalue weighted by Gasteiger charge is -2.18. The molecule has 2 atom stereocenters. The highest BCUT2D eigenvalue weighted by atomic mass is 79.9. The van der Waals surface area contributed by atoms with E-state index in [1.54, 1.807) is 0 Å². The fourth-order valence-corrected chi connectivity index (χ4v) is 2.23. The number of hydrogen-bond acceptors (Lipinski definition) is 2. The van der Waals surface area contributed by atoms with Crippen molar-refractivity contribution in [1.29, 1.82) is 0 Å². The van der Waals surface area contributed by atoms with Crippen molar-refractivity contribution in [2.45, 2.75) is 32.4 Å². The fourth-order valence-electron chi connectivity index (χ4n) is 1.87. The predicted molar refractivity (Wildman–Crippen MR) is 66.3 cm³/mol. The van der Waals surface area contributed by atoms with Crippen molar-refractivity contribution >= 4 is 21.6 Å². The van der Waals surface area contributed by atoms with Crippen molar-refractivity contribution in [3.05, 3.63) is 28.2 Å². The average molecular weight is 270 g/mol. The Morgan fingerprint density at radius 2 is 2.27 bits per heavy atom. The molecule has 0 aromatic heterocycles. The van der Waals surface area contributed by atoms with E-state index in [-0.39, 0.29) is 0 Å². The molecule has 0 radical (unpaired) electrons. The SMILES string of the molecule is Cc1ccc(Br)c(NC2CCOC2C)c1. The third-order valence-electron chi connectivity index (χ3n) is 2.84. The van der Waals surface area contributed by atoms with Gasteiger partial charge in [0.05, 0.1) is 12.1 Å². The lowest BCUT2D eigenvalue weighted by molar-refractivity contribution is 0.121. The summed E-state index contributed by atoms with van der Waals surface area (Å²) in [7, 11) is 0. The van der Waals surface area contributed by atoms with Crippen LogP contribution in [0.3, 0.4) is 0 Å². The minimum atomic E-state index is 0.303. The van der Waals surface area contributed by atoms with Gasteiger partial charge in [0.2, 0.25) is 0 Å². The van der Waals surface area contributed by atoms with Gasteiger partial charge in [-0.25, -0.2) is 0 Å². The Kier molecular flexibility index (Phi) is 3.32. The molecule has 1 aromatic carbocycles. The highest BCUT2D eigenvalue weighted by molar-refractivity contribution is 9.10.